The molecule has 25 heavy (non-hydrogen) atoms. The smallest absolute Gasteiger partial charge is 0.272 e. The van der Waals surface area contributed by atoms with Gasteiger partial charge in [-0.05, 0) is 62.3 Å². The van der Waals surface area contributed by atoms with E-state index in [0.29, 0.717) is 13.1 Å². The molecular formula is C18H18BrIN2O3. The van der Waals surface area contributed by atoms with Gasteiger partial charge in [-0.2, -0.15) is 0 Å². The number of hydrogen-bond donors (Lipinski definition) is 0. The van der Waals surface area contributed by atoms with E-state index in [-0.39, 0.29) is 5.91 Å². The lowest BCUT2D eigenvalue weighted by Gasteiger charge is -2.29. The van der Waals surface area contributed by atoms with Crippen LogP contribution in [0.5, 0.6) is 5.75 Å². The SMILES string of the molecule is CO/C=C/c1c(Br)c(I)c2n1CCN(Cc1ccc(OC)cc1)C2=O. The molecule has 3 rings (SSSR count). The Labute approximate surface area is 168 Å². The molecule has 0 radical (unpaired) electrons. The first-order chi connectivity index (χ1) is 12.1. The summed E-state index contributed by atoms with van der Waals surface area (Å²) < 4.78 is 14.1. The van der Waals surface area contributed by atoms with Gasteiger partial charge < -0.3 is 18.9 Å². The van der Waals surface area contributed by atoms with Crippen molar-refractivity contribution < 1.29 is 14.3 Å². The van der Waals surface area contributed by atoms with Crippen LogP contribution in [0.2, 0.25) is 0 Å². The van der Waals surface area contributed by atoms with Gasteiger partial charge in [0.2, 0.25) is 0 Å². The molecule has 2 heterocycles. The number of carbonyl (C=O) groups excluding carboxylic acids is 1. The standard InChI is InChI=1S/C18H18BrIN2O3/c1-24-10-7-14-15(19)16(20)17-18(23)21(8-9-22(14)17)11-12-3-5-13(25-2)6-4-12/h3-7,10H,8-9,11H2,1-2H3/b10-7+. The number of carbonyl (C=O) groups is 1. The molecule has 1 aromatic heterocycles. The maximum atomic E-state index is 13.0. The summed E-state index contributed by atoms with van der Waals surface area (Å²) >= 11 is 5.82. The van der Waals surface area contributed by atoms with Gasteiger partial charge in [0.15, 0.2) is 0 Å². The Morgan fingerprint density at radius 3 is 2.60 bits per heavy atom. The van der Waals surface area contributed by atoms with Gasteiger partial charge >= 0.3 is 0 Å². The highest BCUT2D eigenvalue weighted by atomic mass is 127. The third-order valence-corrected chi connectivity index (χ3v) is 6.76. The molecule has 0 saturated carbocycles. The largest absolute Gasteiger partial charge is 0.504 e. The van der Waals surface area contributed by atoms with Crippen molar-refractivity contribution in [2.45, 2.75) is 13.1 Å². The van der Waals surface area contributed by atoms with E-state index in [9.17, 15) is 4.79 Å². The number of hydrogen-bond acceptors (Lipinski definition) is 3. The lowest BCUT2D eigenvalue weighted by molar-refractivity contribution is 0.0689. The van der Waals surface area contributed by atoms with Gasteiger partial charge in [0.05, 0.1) is 34.2 Å². The van der Waals surface area contributed by atoms with E-state index in [1.165, 1.54) is 0 Å². The zero-order chi connectivity index (χ0) is 18.0. The Morgan fingerprint density at radius 2 is 1.96 bits per heavy atom. The van der Waals surface area contributed by atoms with E-state index in [0.717, 1.165) is 37.3 Å². The number of nitrogens with zero attached hydrogens (tertiary/aromatic N) is 2. The highest BCUT2D eigenvalue weighted by molar-refractivity contribution is 14.1. The van der Waals surface area contributed by atoms with Crippen LogP contribution in [0, 0.1) is 3.57 Å². The molecule has 1 aliphatic rings. The van der Waals surface area contributed by atoms with Crippen LogP contribution in [0.25, 0.3) is 6.08 Å². The first-order valence-corrected chi connectivity index (χ1v) is 9.63. The molecule has 1 amide bonds. The van der Waals surface area contributed by atoms with Gasteiger partial charge in [-0.1, -0.05) is 12.1 Å². The minimum Gasteiger partial charge on any atom is -0.504 e. The van der Waals surface area contributed by atoms with Crippen LogP contribution >= 0.6 is 38.5 Å². The van der Waals surface area contributed by atoms with Crippen molar-refractivity contribution in [1.82, 2.24) is 9.47 Å². The van der Waals surface area contributed by atoms with E-state index in [1.807, 2.05) is 39.8 Å². The molecule has 0 bridgehead atoms. The van der Waals surface area contributed by atoms with E-state index in [1.54, 1.807) is 20.5 Å². The van der Waals surface area contributed by atoms with Crippen LogP contribution in [0.15, 0.2) is 35.0 Å². The Hall–Kier alpha value is -1.48. The van der Waals surface area contributed by atoms with Gasteiger partial charge in [0.1, 0.15) is 11.4 Å². The lowest BCUT2D eigenvalue weighted by atomic mass is 10.2. The molecule has 5 nitrogen and oxygen atoms in total. The normalized spacial score (nSPS) is 14.1. The number of fused-ring (bicyclic) bond motifs is 1. The number of rotatable bonds is 5. The first kappa shape index (κ1) is 18.3. The van der Waals surface area contributed by atoms with Crippen molar-refractivity contribution in [3.05, 3.63) is 55.5 Å². The van der Waals surface area contributed by atoms with Gasteiger partial charge in [-0.15, -0.1) is 0 Å². The van der Waals surface area contributed by atoms with Crippen LogP contribution in [0.4, 0.5) is 0 Å². The fourth-order valence-corrected chi connectivity index (χ4v) is 4.22. The number of amides is 1. The number of methoxy groups -OCH3 is 2. The Bertz CT molecular complexity index is 815. The molecule has 0 atom stereocenters. The summed E-state index contributed by atoms with van der Waals surface area (Å²) in [5.74, 6) is 0.861. The third-order valence-electron chi connectivity index (χ3n) is 4.16. The van der Waals surface area contributed by atoms with Gasteiger partial charge in [0, 0.05) is 19.6 Å². The van der Waals surface area contributed by atoms with E-state index < -0.39 is 0 Å². The second kappa shape index (κ2) is 7.82. The average molecular weight is 517 g/mol. The number of halogens is 2. The summed E-state index contributed by atoms with van der Waals surface area (Å²) in [6, 6.07) is 7.82. The molecule has 132 valence electrons. The van der Waals surface area contributed by atoms with Gasteiger partial charge in [0.25, 0.3) is 5.91 Å². The number of aromatic nitrogens is 1. The summed E-state index contributed by atoms with van der Waals surface area (Å²) in [4.78, 5) is 14.9. The van der Waals surface area contributed by atoms with Crippen LogP contribution in [0.3, 0.4) is 0 Å². The summed E-state index contributed by atoms with van der Waals surface area (Å²) in [5.41, 5.74) is 2.77. The van der Waals surface area contributed by atoms with Gasteiger partial charge in [-0.3, -0.25) is 4.79 Å². The first-order valence-electron chi connectivity index (χ1n) is 7.75. The van der Waals surface area contributed by atoms with Crippen molar-refractivity contribution in [2.24, 2.45) is 0 Å². The summed E-state index contributed by atoms with van der Waals surface area (Å²) in [6.07, 6.45) is 3.50. The van der Waals surface area contributed by atoms with Crippen LogP contribution in [-0.4, -0.2) is 36.1 Å². The van der Waals surface area contributed by atoms with E-state index >= 15 is 0 Å². The molecule has 0 unspecified atom stereocenters. The van der Waals surface area contributed by atoms with Crippen LogP contribution in [-0.2, 0) is 17.8 Å². The molecule has 1 aliphatic heterocycles. The molecule has 0 aliphatic carbocycles. The highest BCUT2D eigenvalue weighted by Crippen LogP contribution is 2.34. The molecule has 0 spiro atoms. The molecule has 1 aromatic carbocycles. The molecule has 0 fully saturated rings. The van der Waals surface area contributed by atoms with Crippen LogP contribution in [0.1, 0.15) is 21.7 Å². The van der Waals surface area contributed by atoms with Crippen molar-refractivity contribution in [2.75, 3.05) is 20.8 Å². The predicted octanol–water partition coefficient (Wildman–Crippen LogP) is 4.14. The van der Waals surface area contributed by atoms with Crippen molar-refractivity contribution >= 4 is 50.5 Å². The lowest BCUT2D eigenvalue weighted by Crippen LogP contribution is -2.40. The van der Waals surface area contributed by atoms with Crippen molar-refractivity contribution in [1.29, 1.82) is 0 Å². The van der Waals surface area contributed by atoms with E-state index in [2.05, 4.69) is 38.5 Å². The minimum atomic E-state index is 0.0456. The van der Waals surface area contributed by atoms with Crippen molar-refractivity contribution in [3.8, 4) is 5.75 Å². The van der Waals surface area contributed by atoms with E-state index in [4.69, 9.17) is 9.47 Å². The molecular weight excluding hydrogens is 499 g/mol. The Balaban J connectivity index is 1.87. The molecule has 2 aromatic rings. The van der Waals surface area contributed by atoms with Gasteiger partial charge in [-0.25, -0.2) is 0 Å². The predicted molar refractivity (Wildman–Crippen MR) is 109 cm³/mol. The fourth-order valence-electron chi connectivity index (χ4n) is 2.89. The maximum absolute atomic E-state index is 13.0. The van der Waals surface area contributed by atoms with Crippen LogP contribution < -0.4 is 4.74 Å². The fraction of sp³-hybridized carbons (Fsp3) is 0.278. The quantitative estimate of drug-likeness (QED) is 0.443. The molecule has 0 N–H and O–H groups in total. The Morgan fingerprint density at radius 1 is 1.24 bits per heavy atom. The topological polar surface area (TPSA) is 43.7 Å². The molecule has 7 heteroatoms. The number of ether oxygens (including phenoxy) is 2. The van der Waals surface area contributed by atoms with Crippen molar-refractivity contribution in [3.63, 3.8) is 0 Å². The second-order valence-electron chi connectivity index (χ2n) is 5.63. The monoisotopic (exact) mass is 516 g/mol. The summed E-state index contributed by atoms with van der Waals surface area (Å²) in [5, 5.41) is 0. The third kappa shape index (κ3) is 3.57. The maximum Gasteiger partial charge on any atom is 0.272 e. The zero-order valence-corrected chi connectivity index (χ0v) is 17.7. The summed E-state index contributed by atoms with van der Waals surface area (Å²) in [7, 11) is 3.25. The Kier molecular flexibility index (Phi) is 5.73. The highest BCUT2D eigenvalue weighted by Gasteiger charge is 2.31. The molecule has 0 saturated heterocycles. The number of benzene rings is 1. The second-order valence-corrected chi connectivity index (χ2v) is 7.50. The minimum absolute atomic E-state index is 0.0456. The zero-order valence-electron chi connectivity index (χ0n) is 14.0. The summed E-state index contributed by atoms with van der Waals surface area (Å²) in [6.45, 7) is 2.01. The average Bonchev–Trinajstić information content (AvgIpc) is 2.87.